The van der Waals surface area contributed by atoms with Crippen molar-refractivity contribution in [3.05, 3.63) is 59.2 Å². The van der Waals surface area contributed by atoms with Crippen molar-refractivity contribution >= 4 is 17.3 Å². The van der Waals surface area contributed by atoms with Gasteiger partial charge in [-0.2, -0.15) is 26.3 Å². The molecule has 1 amide bonds. The van der Waals surface area contributed by atoms with E-state index in [1.807, 2.05) is 0 Å². The largest absolute Gasteiger partial charge is 0.435 e. The maximum atomic E-state index is 14.1. The summed E-state index contributed by atoms with van der Waals surface area (Å²) in [5, 5.41) is 2.40. The van der Waals surface area contributed by atoms with Crippen molar-refractivity contribution in [2.45, 2.75) is 24.9 Å². The Morgan fingerprint density at radius 3 is 2.00 bits per heavy atom. The van der Waals surface area contributed by atoms with E-state index in [0.717, 1.165) is 6.92 Å². The van der Waals surface area contributed by atoms with Crippen molar-refractivity contribution in [1.29, 1.82) is 0 Å². The van der Waals surface area contributed by atoms with Crippen LogP contribution in [0.25, 0.3) is 0 Å². The molecule has 0 saturated carbocycles. The smallest absolute Gasteiger partial charge is 0.399 e. The van der Waals surface area contributed by atoms with E-state index in [2.05, 4.69) is 5.32 Å². The summed E-state index contributed by atoms with van der Waals surface area (Å²) in [5.74, 6) is -0.798. The summed E-state index contributed by atoms with van der Waals surface area (Å²) in [4.78, 5) is 12.2. The number of nitrogens with one attached hydrogen (secondary N) is 1. The fourth-order valence-corrected chi connectivity index (χ4v) is 2.44. The van der Waals surface area contributed by atoms with Crippen molar-refractivity contribution in [2.24, 2.45) is 0 Å². The number of rotatable bonds is 3. The van der Waals surface area contributed by atoms with Crippen LogP contribution in [-0.4, -0.2) is 18.3 Å². The number of hydrogen-bond donors (Lipinski definition) is 2. The van der Waals surface area contributed by atoms with Gasteiger partial charge in [0, 0.05) is 22.5 Å². The lowest BCUT2D eigenvalue weighted by Gasteiger charge is -2.30. The molecule has 2 aromatic carbocycles. The fourth-order valence-electron chi connectivity index (χ4n) is 2.44. The Bertz CT molecular complexity index is 845. The van der Waals surface area contributed by atoms with E-state index >= 15 is 0 Å². The Kier molecular flexibility index (Phi) is 5.13. The van der Waals surface area contributed by atoms with E-state index in [4.69, 9.17) is 5.73 Å². The van der Waals surface area contributed by atoms with Crippen molar-refractivity contribution in [1.82, 2.24) is 0 Å². The number of carbonyl (C=O) groups excluding carboxylic acids is 1. The summed E-state index contributed by atoms with van der Waals surface area (Å²) in [6, 6.07) is 7.32. The van der Waals surface area contributed by atoms with Gasteiger partial charge in [-0.05, 0) is 36.8 Å². The van der Waals surface area contributed by atoms with Crippen LogP contribution in [0.15, 0.2) is 42.5 Å². The summed E-state index contributed by atoms with van der Waals surface area (Å²) in [6.07, 6.45) is -12.4. The highest BCUT2D eigenvalue weighted by atomic mass is 19.4. The Morgan fingerprint density at radius 2 is 1.52 bits per heavy atom. The third-order valence-electron chi connectivity index (χ3n) is 3.79. The third kappa shape index (κ3) is 3.83. The summed E-state index contributed by atoms with van der Waals surface area (Å²) in [5.41, 5.74) is -1.53. The Balaban J connectivity index is 2.41. The molecule has 0 aliphatic rings. The molecule has 0 aliphatic heterocycles. The topological polar surface area (TPSA) is 55.1 Å². The molecule has 0 bridgehead atoms. The van der Waals surface area contributed by atoms with Crippen LogP contribution in [-0.2, 0) is 5.67 Å². The van der Waals surface area contributed by atoms with Crippen molar-refractivity contribution in [2.75, 3.05) is 11.1 Å². The standard InChI is InChI=1S/C17H13F7N2O/c1-9-7-10(15(18,16(19,20)21)17(22,23)24)5-6-13(9)14(27)26-12-4-2-3-11(25)8-12/h2-8H,25H2,1H3,(H,26,27). The molecule has 10 heteroatoms. The lowest BCUT2D eigenvalue weighted by Crippen LogP contribution is -2.50. The predicted molar refractivity (Wildman–Crippen MR) is 84.9 cm³/mol. The molecule has 2 rings (SSSR count). The highest BCUT2D eigenvalue weighted by Crippen LogP contribution is 2.53. The molecular formula is C17H13F7N2O. The number of nitrogens with two attached hydrogens (primary N) is 1. The van der Waals surface area contributed by atoms with Crippen LogP contribution >= 0.6 is 0 Å². The number of hydrogen-bond acceptors (Lipinski definition) is 2. The minimum absolute atomic E-state index is 0.215. The zero-order valence-electron chi connectivity index (χ0n) is 13.7. The maximum Gasteiger partial charge on any atom is 0.435 e. The van der Waals surface area contributed by atoms with Crippen LogP contribution in [0.1, 0.15) is 21.5 Å². The highest BCUT2D eigenvalue weighted by Gasteiger charge is 2.73. The number of carbonyl (C=O) groups is 1. The van der Waals surface area contributed by atoms with Gasteiger partial charge in [0.05, 0.1) is 0 Å². The van der Waals surface area contributed by atoms with Gasteiger partial charge in [-0.25, -0.2) is 4.39 Å². The number of alkyl halides is 7. The van der Waals surface area contributed by atoms with E-state index < -0.39 is 29.5 Å². The summed E-state index contributed by atoms with van der Waals surface area (Å²) in [7, 11) is 0. The average molecular weight is 394 g/mol. The molecule has 0 atom stereocenters. The first-order valence-electron chi connectivity index (χ1n) is 7.38. The Morgan fingerprint density at radius 1 is 0.926 bits per heavy atom. The molecule has 0 spiro atoms. The van der Waals surface area contributed by atoms with Crippen LogP contribution < -0.4 is 11.1 Å². The van der Waals surface area contributed by atoms with E-state index in [-0.39, 0.29) is 16.8 Å². The minimum Gasteiger partial charge on any atom is -0.399 e. The van der Waals surface area contributed by atoms with E-state index in [1.54, 1.807) is 6.07 Å². The maximum absolute atomic E-state index is 14.1. The Hall–Kier alpha value is -2.78. The minimum atomic E-state index is -6.22. The lowest BCUT2D eigenvalue weighted by atomic mass is 9.91. The molecule has 0 aliphatic carbocycles. The van der Waals surface area contributed by atoms with E-state index in [9.17, 15) is 35.5 Å². The number of aryl methyl sites for hydroxylation is 1. The molecule has 0 unspecified atom stereocenters. The Labute approximate surface area is 149 Å². The van der Waals surface area contributed by atoms with E-state index in [0.29, 0.717) is 23.9 Å². The number of halogens is 7. The highest BCUT2D eigenvalue weighted by molar-refractivity contribution is 6.05. The molecule has 0 fully saturated rings. The van der Waals surface area contributed by atoms with Gasteiger partial charge in [-0.3, -0.25) is 4.79 Å². The number of anilines is 2. The van der Waals surface area contributed by atoms with Gasteiger partial charge in [-0.15, -0.1) is 0 Å². The zero-order chi connectivity index (χ0) is 20.6. The molecular weight excluding hydrogens is 381 g/mol. The first-order valence-corrected chi connectivity index (χ1v) is 7.38. The second kappa shape index (κ2) is 6.75. The molecule has 2 aromatic rings. The number of nitrogen functional groups attached to an aromatic ring is 1. The normalized spacial score (nSPS) is 12.7. The summed E-state index contributed by atoms with van der Waals surface area (Å²) >= 11 is 0. The van der Waals surface area contributed by atoms with Gasteiger partial charge in [-0.1, -0.05) is 18.2 Å². The van der Waals surface area contributed by atoms with Gasteiger partial charge in [0.25, 0.3) is 5.91 Å². The third-order valence-corrected chi connectivity index (χ3v) is 3.79. The van der Waals surface area contributed by atoms with Gasteiger partial charge in [0.1, 0.15) is 0 Å². The average Bonchev–Trinajstić information content (AvgIpc) is 2.51. The lowest BCUT2D eigenvalue weighted by molar-refractivity contribution is -0.348. The van der Waals surface area contributed by atoms with Crippen LogP contribution in [0.3, 0.4) is 0 Å². The quantitative estimate of drug-likeness (QED) is 0.561. The first kappa shape index (κ1) is 20.5. The fraction of sp³-hybridized carbons (Fsp3) is 0.235. The van der Waals surface area contributed by atoms with Gasteiger partial charge in [0.2, 0.25) is 0 Å². The molecule has 0 heterocycles. The zero-order valence-corrected chi connectivity index (χ0v) is 13.7. The molecule has 3 N–H and O–H groups in total. The first-order chi connectivity index (χ1) is 12.3. The monoisotopic (exact) mass is 394 g/mol. The van der Waals surface area contributed by atoms with Crippen LogP contribution in [0.5, 0.6) is 0 Å². The molecule has 3 nitrogen and oxygen atoms in total. The SMILES string of the molecule is Cc1cc(C(F)(C(F)(F)F)C(F)(F)F)ccc1C(=O)Nc1cccc(N)c1. The number of amides is 1. The summed E-state index contributed by atoms with van der Waals surface area (Å²) in [6.45, 7) is 1.10. The van der Waals surface area contributed by atoms with Crippen LogP contribution in [0.2, 0.25) is 0 Å². The van der Waals surface area contributed by atoms with Gasteiger partial charge < -0.3 is 11.1 Å². The molecule has 0 saturated heterocycles. The second-order valence-electron chi connectivity index (χ2n) is 5.76. The van der Waals surface area contributed by atoms with Crippen molar-refractivity contribution in [3.8, 4) is 0 Å². The second-order valence-corrected chi connectivity index (χ2v) is 5.76. The molecule has 0 aromatic heterocycles. The molecule has 27 heavy (non-hydrogen) atoms. The van der Waals surface area contributed by atoms with Gasteiger partial charge in [0.15, 0.2) is 0 Å². The summed E-state index contributed by atoms with van der Waals surface area (Å²) < 4.78 is 91.0. The molecule has 0 radical (unpaired) electrons. The molecule has 146 valence electrons. The van der Waals surface area contributed by atoms with Gasteiger partial charge >= 0.3 is 18.0 Å². The predicted octanol–water partition coefficient (Wildman–Crippen LogP) is 5.12. The number of benzene rings is 2. The van der Waals surface area contributed by atoms with Crippen LogP contribution in [0.4, 0.5) is 42.1 Å². The van der Waals surface area contributed by atoms with E-state index in [1.165, 1.54) is 18.2 Å². The van der Waals surface area contributed by atoms with Crippen molar-refractivity contribution in [3.63, 3.8) is 0 Å². The van der Waals surface area contributed by atoms with Crippen molar-refractivity contribution < 1.29 is 35.5 Å². The van der Waals surface area contributed by atoms with Crippen LogP contribution in [0, 0.1) is 6.92 Å².